The molecule has 2 heteroatoms. The average Bonchev–Trinajstić information content (AvgIpc) is 2.29. The first-order chi connectivity index (χ1) is 8.08. The number of hydrogen-bond acceptors (Lipinski definition) is 2. The van der Waals surface area contributed by atoms with Crippen LogP contribution in [-0.4, -0.2) is 11.7 Å². The molecule has 0 aliphatic heterocycles. The van der Waals surface area contributed by atoms with Gasteiger partial charge in [-0.15, -0.1) is 0 Å². The number of benzene rings is 1. The van der Waals surface area contributed by atoms with E-state index in [1.807, 2.05) is 0 Å². The lowest BCUT2D eigenvalue weighted by molar-refractivity contribution is 0.274. The van der Waals surface area contributed by atoms with E-state index in [4.69, 9.17) is 9.84 Å². The molecule has 0 bridgehead atoms. The molecule has 0 fully saturated rings. The largest absolute Gasteiger partial charge is 0.508 e. The van der Waals surface area contributed by atoms with Crippen molar-refractivity contribution in [3.63, 3.8) is 0 Å². The van der Waals surface area contributed by atoms with Crippen molar-refractivity contribution in [2.75, 3.05) is 6.61 Å². The van der Waals surface area contributed by atoms with E-state index >= 15 is 0 Å². The Morgan fingerprint density at radius 2 is 1.65 bits per heavy atom. The molecule has 2 nitrogen and oxygen atoms in total. The molecule has 0 heterocycles. The van der Waals surface area contributed by atoms with Crippen LogP contribution in [-0.2, 0) is 0 Å². The van der Waals surface area contributed by atoms with Crippen LogP contribution in [0.1, 0.15) is 40.0 Å². The second-order valence-electron chi connectivity index (χ2n) is 5.21. The fourth-order valence-corrected chi connectivity index (χ4v) is 1.68. The predicted molar refractivity (Wildman–Crippen MR) is 71.5 cm³/mol. The van der Waals surface area contributed by atoms with E-state index < -0.39 is 0 Å². The number of aromatic hydroxyl groups is 1. The molecule has 1 rings (SSSR count). The van der Waals surface area contributed by atoms with Crippen LogP contribution in [0.15, 0.2) is 24.3 Å². The van der Waals surface area contributed by atoms with Gasteiger partial charge in [-0.25, -0.2) is 0 Å². The molecule has 1 aromatic carbocycles. The number of rotatable bonds is 7. The van der Waals surface area contributed by atoms with Crippen molar-refractivity contribution in [1.82, 2.24) is 0 Å². The topological polar surface area (TPSA) is 29.5 Å². The number of hydrogen-bond donors (Lipinski definition) is 1. The van der Waals surface area contributed by atoms with Crippen molar-refractivity contribution in [1.29, 1.82) is 0 Å². The zero-order chi connectivity index (χ0) is 12.7. The minimum Gasteiger partial charge on any atom is -0.508 e. The summed E-state index contributed by atoms with van der Waals surface area (Å²) in [7, 11) is 0. The molecule has 17 heavy (non-hydrogen) atoms. The van der Waals surface area contributed by atoms with E-state index in [0.29, 0.717) is 0 Å². The smallest absolute Gasteiger partial charge is 0.119 e. The highest BCUT2D eigenvalue weighted by Crippen LogP contribution is 2.18. The summed E-state index contributed by atoms with van der Waals surface area (Å²) in [5, 5.41) is 9.14. The van der Waals surface area contributed by atoms with Gasteiger partial charge in [0.2, 0.25) is 0 Å². The molecule has 96 valence electrons. The van der Waals surface area contributed by atoms with Crippen LogP contribution >= 0.6 is 0 Å². The zero-order valence-electron chi connectivity index (χ0n) is 11.1. The van der Waals surface area contributed by atoms with E-state index in [1.54, 1.807) is 24.3 Å². The molecule has 0 spiro atoms. The molecular weight excluding hydrogens is 212 g/mol. The Morgan fingerprint density at radius 3 is 2.24 bits per heavy atom. The van der Waals surface area contributed by atoms with Crippen LogP contribution in [0.5, 0.6) is 11.5 Å². The van der Waals surface area contributed by atoms with Gasteiger partial charge >= 0.3 is 0 Å². The minimum absolute atomic E-state index is 0.280. The minimum atomic E-state index is 0.280. The zero-order valence-corrected chi connectivity index (χ0v) is 11.1. The van der Waals surface area contributed by atoms with E-state index in [2.05, 4.69) is 20.8 Å². The van der Waals surface area contributed by atoms with Gasteiger partial charge in [0, 0.05) is 0 Å². The molecule has 0 radical (unpaired) electrons. The average molecular weight is 236 g/mol. The van der Waals surface area contributed by atoms with Crippen LogP contribution in [0.4, 0.5) is 0 Å². The van der Waals surface area contributed by atoms with Crippen molar-refractivity contribution in [3.05, 3.63) is 24.3 Å². The van der Waals surface area contributed by atoms with Gasteiger partial charge in [0.1, 0.15) is 11.5 Å². The van der Waals surface area contributed by atoms with Crippen molar-refractivity contribution in [2.45, 2.75) is 40.0 Å². The molecule has 0 amide bonds. The Bertz CT molecular complexity index is 303. The second kappa shape index (κ2) is 7.21. The standard InChI is InChI=1S/C15H24O2/c1-12(2)4-5-13(3)10-11-17-15-8-6-14(16)7-9-15/h6-9,12-13,16H,4-5,10-11H2,1-3H3/t13-/m0/s1. The van der Waals surface area contributed by atoms with Gasteiger partial charge in [0.05, 0.1) is 6.61 Å². The van der Waals surface area contributed by atoms with Crippen molar-refractivity contribution < 1.29 is 9.84 Å². The van der Waals surface area contributed by atoms with Crippen molar-refractivity contribution >= 4 is 0 Å². The third-order valence-corrected chi connectivity index (χ3v) is 2.95. The molecule has 1 atom stereocenters. The highest BCUT2D eigenvalue weighted by atomic mass is 16.5. The summed E-state index contributed by atoms with van der Waals surface area (Å²) in [6.45, 7) is 7.56. The Morgan fingerprint density at radius 1 is 1.00 bits per heavy atom. The molecule has 1 aromatic rings. The molecule has 0 saturated heterocycles. The van der Waals surface area contributed by atoms with E-state index in [0.717, 1.165) is 30.6 Å². The van der Waals surface area contributed by atoms with Crippen LogP contribution in [0.2, 0.25) is 0 Å². The quantitative estimate of drug-likeness (QED) is 0.767. The maximum Gasteiger partial charge on any atom is 0.119 e. The van der Waals surface area contributed by atoms with Crippen LogP contribution in [0.3, 0.4) is 0 Å². The Labute approximate surface area is 105 Å². The maximum absolute atomic E-state index is 9.14. The van der Waals surface area contributed by atoms with Gasteiger partial charge in [-0.1, -0.05) is 33.6 Å². The van der Waals surface area contributed by atoms with E-state index in [1.165, 1.54) is 12.8 Å². The summed E-state index contributed by atoms with van der Waals surface area (Å²) in [5.74, 6) is 2.62. The first-order valence-electron chi connectivity index (χ1n) is 6.49. The van der Waals surface area contributed by atoms with Gasteiger partial charge in [0.25, 0.3) is 0 Å². The van der Waals surface area contributed by atoms with Crippen LogP contribution in [0, 0.1) is 11.8 Å². The van der Waals surface area contributed by atoms with Gasteiger partial charge in [-0.2, -0.15) is 0 Å². The first-order valence-corrected chi connectivity index (χ1v) is 6.49. The summed E-state index contributed by atoms with van der Waals surface area (Å²) in [4.78, 5) is 0. The lowest BCUT2D eigenvalue weighted by atomic mass is 9.97. The van der Waals surface area contributed by atoms with Gasteiger partial charge in [0.15, 0.2) is 0 Å². The maximum atomic E-state index is 9.14. The lowest BCUT2D eigenvalue weighted by Gasteiger charge is -2.13. The summed E-state index contributed by atoms with van der Waals surface area (Å²) < 4.78 is 5.63. The first kappa shape index (κ1) is 13.9. The third-order valence-electron chi connectivity index (χ3n) is 2.95. The fourth-order valence-electron chi connectivity index (χ4n) is 1.68. The highest BCUT2D eigenvalue weighted by Gasteiger charge is 2.04. The van der Waals surface area contributed by atoms with Crippen molar-refractivity contribution in [3.8, 4) is 11.5 Å². The molecule has 0 unspecified atom stereocenters. The lowest BCUT2D eigenvalue weighted by Crippen LogP contribution is -2.05. The number of phenolic OH excluding ortho intramolecular Hbond substituents is 1. The van der Waals surface area contributed by atoms with E-state index in [9.17, 15) is 0 Å². The van der Waals surface area contributed by atoms with Gasteiger partial charge < -0.3 is 9.84 Å². The molecule has 1 N–H and O–H groups in total. The number of ether oxygens (including phenoxy) is 1. The van der Waals surface area contributed by atoms with Crippen molar-refractivity contribution in [2.24, 2.45) is 11.8 Å². The summed E-state index contributed by atoms with van der Waals surface area (Å²) in [5.41, 5.74) is 0. The number of phenols is 1. The molecule has 0 aromatic heterocycles. The Kier molecular flexibility index (Phi) is 5.88. The summed E-state index contributed by atoms with van der Waals surface area (Å²) >= 11 is 0. The van der Waals surface area contributed by atoms with E-state index in [-0.39, 0.29) is 5.75 Å². The van der Waals surface area contributed by atoms with Crippen LogP contribution < -0.4 is 4.74 Å². The van der Waals surface area contributed by atoms with Crippen LogP contribution in [0.25, 0.3) is 0 Å². The summed E-state index contributed by atoms with van der Waals surface area (Å²) in [6, 6.07) is 6.90. The third kappa shape index (κ3) is 6.20. The molecule has 0 aliphatic rings. The molecule has 0 aliphatic carbocycles. The Balaban J connectivity index is 2.16. The second-order valence-corrected chi connectivity index (χ2v) is 5.21. The normalized spacial score (nSPS) is 12.7. The predicted octanol–water partition coefficient (Wildman–Crippen LogP) is 4.23. The van der Waals surface area contributed by atoms with Gasteiger partial charge in [-0.05, 0) is 42.5 Å². The fraction of sp³-hybridized carbons (Fsp3) is 0.600. The highest BCUT2D eigenvalue weighted by molar-refractivity contribution is 5.29. The summed E-state index contributed by atoms with van der Waals surface area (Å²) in [6.07, 6.45) is 3.66. The molecule has 0 saturated carbocycles. The Hall–Kier alpha value is -1.18. The van der Waals surface area contributed by atoms with Gasteiger partial charge in [-0.3, -0.25) is 0 Å². The molecular formula is C15H24O2. The SMILES string of the molecule is CC(C)CC[C@H](C)CCOc1ccc(O)cc1. The monoisotopic (exact) mass is 236 g/mol.